The first-order valence-corrected chi connectivity index (χ1v) is 9.00. The Kier molecular flexibility index (Phi) is 7.40. The van der Waals surface area contributed by atoms with Gasteiger partial charge in [-0.05, 0) is 29.3 Å². The highest BCUT2D eigenvalue weighted by atomic mass is 16.6. The molecule has 2 aromatic rings. The Labute approximate surface area is 173 Å². The Balaban J connectivity index is 2.19. The summed E-state index contributed by atoms with van der Waals surface area (Å²) in [5, 5.41) is 16.0. The number of amides is 3. The van der Waals surface area contributed by atoms with Crippen LogP contribution in [0.2, 0.25) is 0 Å². The molecule has 0 spiro atoms. The number of carbonyl (C=O) groups excluding carboxylic acids is 3. The van der Waals surface area contributed by atoms with E-state index in [1.54, 1.807) is 44.4 Å². The van der Waals surface area contributed by atoms with Crippen LogP contribution in [-0.4, -0.2) is 41.6 Å². The molecule has 0 saturated carbocycles. The predicted octanol–water partition coefficient (Wildman–Crippen LogP) is 2.34. The molecule has 0 aromatic heterocycles. The molecule has 0 radical (unpaired) electrons. The van der Waals surface area contributed by atoms with Crippen molar-refractivity contribution in [3.63, 3.8) is 0 Å². The van der Waals surface area contributed by atoms with Crippen molar-refractivity contribution in [2.45, 2.75) is 13.3 Å². The van der Waals surface area contributed by atoms with Crippen LogP contribution in [0.25, 0.3) is 6.08 Å². The zero-order valence-electron chi connectivity index (χ0n) is 16.8. The Hall–Kier alpha value is -4.01. The molecule has 2 N–H and O–H groups in total. The van der Waals surface area contributed by atoms with Gasteiger partial charge in [0.25, 0.3) is 11.6 Å². The van der Waals surface area contributed by atoms with Gasteiger partial charge in [-0.25, -0.2) is 0 Å². The summed E-state index contributed by atoms with van der Waals surface area (Å²) in [6, 6.07) is 12.4. The van der Waals surface area contributed by atoms with Gasteiger partial charge in [0.2, 0.25) is 11.8 Å². The molecule has 0 aliphatic heterocycles. The number of non-ortho nitro benzene ring substituents is 1. The van der Waals surface area contributed by atoms with E-state index in [1.165, 1.54) is 36.1 Å². The van der Waals surface area contributed by atoms with Gasteiger partial charge in [-0.1, -0.05) is 24.3 Å². The van der Waals surface area contributed by atoms with Crippen molar-refractivity contribution in [1.29, 1.82) is 0 Å². The van der Waals surface area contributed by atoms with Crippen molar-refractivity contribution in [2.24, 2.45) is 0 Å². The first kappa shape index (κ1) is 22.3. The van der Waals surface area contributed by atoms with Crippen LogP contribution in [0.4, 0.5) is 11.4 Å². The topological polar surface area (TPSA) is 122 Å². The molecule has 2 aromatic carbocycles. The Morgan fingerprint density at radius 2 is 1.77 bits per heavy atom. The fourth-order valence-electron chi connectivity index (χ4n) is 2.48. The minimum absolute atomic E-state index is 0.0420. The standard InChI is InChI=1S/C21H22N4O5/c1-14(26)22-19(12-16-5-4-6-18(11-16)25(29)30)21(28)23-17-9-7-15(8-10-17)13-20(27)24(2)3/h4-12H,13H2,1-3H3,(H,22,26)(H,23,28)/b19-12+. The number of nitrogens with one attached hydrogen (secondary N) is 2. The largest absolute Gasteiger partial charge is 0.349 e. The molecule has 0 fully saturated rings. The molecule has 0 unspecified atom stereocenters. The zero-order chi connectivity index (χ0) is 22.3. The lowest BCUT2D eigenvalue weighted by molar-refractivity contribution is -0.384. The zero-order valence-corrected chi connectivity index (χ0v) is 16.8. The smallest absolute Gasteiger partial charge is 0.272 e. The summed E-state index contributed by atoms with van der Waals surface area (Å²) in [7, 11) is 3.35. The number of nitro groups is 1. The van der Waals surface area contributed by atoms with Crippen molar-refractivity contribution in [1.82, 2.24) is 10.2 Å². The molecular formula is C21H22N4O5. The Morgan fingerprint density at radius 1 is 1.10 bits per heavy atom. The Morgan fingerprint density at radius 3 is 2.33 bits per heavy atom. The minimum Gasteiger partial charge on any atom is -0.349 e. The molecule has 3 amide bonds. The van der Waals surface area contributed by atoms with Crippen LogP contribution in [0.3, 0.4) is 0 Å². The van der Waals surface area contributed by atoms with Crippen LogP contribution < -0.4 is 10.6 Å². The van der Waals surface area contributed by atoms with Crippen molar-refractivity contribution in [3.05, 3.63) is 75.5 Å². The van der Waals surface area contributed by atoms with E-state index >= 15 is 0 Å². The first-order chi connectivity index (χ1) is 14.2. The molecule has 0 atom stereocenters. The van der Waals surface area contributed by atoms with Gasteiger partial charge >= 0.3 is 0 Å². The third-order valence-corrected chi connectivity index (χ3v) is 4.01. The van der Waals surface area contributed by atoms with Crippen molar-refractivity contribution in [2.75, 3.05) is 19.4 Å². The summed E-state index contributed by atoms with van der Waals surface area (Å²) in [6.45, 7) is 1.26. The van der Waals surface area contributed by atoms with Crippen LogP contribution >= 0.6 is 0 Å². The number of benzene rings is 2. The second kappa shape index (κ2) is 9.97. The second-order valence-electron chi connectivity index (χ2n) is 6.71. The maximum atomic E-state index is 12.6. The van der Waals surface area contributed by atoms with Gasteiger partial charge in [0.15, 0.2) is 0 Å². The van der Waals surface area contributed by atoms with E-state index < -0.39 is 16.7 Å². The third-order valence-electron chi connectivity index (χ3n) is 4.01. The van der Waals surface area contributed by atoms with E-state index in [-0.39, 0.29) is 23.7 Å². The highest BCUT2D eigenvalue weighted by molar-refractivity contribution is 6.08. The SMILES string of the molecule is CC(=O)N/C(=C/c1cccc([N+](=O)[O-])c1)C(=O)Nc1ccc(CC(=O)N(C)C)cc1. The molecule has 0 aliphatic carbocycles. The number of anilines is 1. The second-order valence-corrected chi connectivity index (χ2v) is 6.71. The summed E-state index contributed by atoms with van der Waals surface area (Å²) in [5.41, 5.74) is 1.46. The molecule has 30 heavy (non-hydrogen) atoms. The van der Waals surface area contributed by atoms with Crippen molar-refractivity contribution < 1.29 is 19.3 Å². The maximum absolute atomic E-state index is 12.6. The van der Waals surface area contributed by atoms with Gasteiger partial charge in [-0.3, -0.25) is 24.5 Å². The average Bonchev–Trinajstić information content (AvgIpc) is 2.68. The fourth-order valence-corrected chi connectivity index (χ4v) is 2.48. The molecule has 0 heterocycles. The van der Waals surface area contributed by atoms with Gasteiger partial charge in [0, 0.05) is 38.8 Å². The number of nitrogens with zero attached hydrogens (tertiary/aromatic N) is 2. The fraction of sp³-hybridized carbons (Fsp3) is 0.190. The van der Waals surface area contributed by atoms with E-state index in [0.29, 0.717) is 11.3 Å². The lowest BCUT2D eigenvalue weighted by Gasteiger charge is -2.12. The van der Waals surface area contributed by atoms with Gasteiger partial charge in [-0.15, -0.1) is 0 Å². The molecule has 9 heteroatoms. The first-order valence-electron chi connectivity index (χ1n) is 9.00. The lowest BCUT2D eigenvalue weighted by atomic mass is 10.1. The normalized spacial score (nSPS) is 10.8. The summed E-state index contributed by atoms with van der Waals surface area (Å²) >= 11 is 0. The van der Waals surface area contributed by atoms with E-state index in [4.69, 9.17) is 0 Å². The molecule has 0 aliphatic rings. The molecular weight excluding hydrogens is 388 g/mol. The van der Waals surface area contributed by atoms with Gasteiger partial charge < -0.3 is 15.5 Å². The van der Waals surface area contributed by atoms with Gasteiger partial charge in [0.1, 0.15) is 5.70 Å². The van der Waals surface area contributed by atoms with Gasteiger partial charge in [0.05, 0.1) is 11.3 Å². The lowest BCUT2D eigenvalue weighted by Crippen LogP contribution is -2.29. The third kappa shape index (κ3) is 6.55. The van der Waals surface area contributed by atoms with Gasteiger partial charge in [-0.2, -0.15) is 0 Å². The molecule has 9 nitrogen and oxygen atoms in total. The quantitative estimate of drug-likeness (QED) is 0.412. The van der Waals surface area contributed by atoms with E-state index in [0.717, 1.165) is 5.56 Å². The Bertz CT molecular complexity index is 997. The molecule has 0 saturated heterocycles. The van der Waals surface area contributed by atoms with E-state index in [1.807, 2.05) is 0 Å². The minimum atomic E-state index is -0.589. The number of rotatable bonds is 7. The molecule has 2 rings (SSSR count). The molecule has 0 bridgehead atoms. The maximum Gasteiger partial charge on any atom is 0.272 e. The van der Waals surface area contributed by atoms with Crippen LogP contribution in [0.15, 0.2) is 54.2 Å². The van der Waals surface area contributed by atoms with Crippen LogP contribution in [-0.2, 0) is 20.8 Å². The van der Waals surface area contributed by atoms with E-state index in [9.17, 15) is 24.5 Å². The number of hydrogen-bond donors (Lipinski definition) is 2. The van der Waals surface area contributed by atoms with Crippen LogP contribution in [0, 0.1) is 10.1 Å². The summed E-state index contributed by atoms with van der Waals surface area (Å²) in [6.07, 6.45) is 1.60. The number of nitro benzene ring substituents is 1. The summed E-state index contributed by atoms with van der Waals surface area (Å²) in [4.78, 5) is 47.8. The number of likely N-dealkylation sites (N-methyl/N-ethyl adjacent to an activating group) is 1. The van der Waals surface area contributed by atoms with Crippen molar-refractivity contribution >= 4 is 35.2 Å². The summed E-state index contributed by atoms with van der Waals surface area (Å²) < 4.78 is 0. The van der Waals surface area contributed by atoms with Crippen molar-refractivity contribution in [3.8, 4) is 0 Å². The number of hydrogen-bond acceptors (Lipinski definition) is 5. The van der Waals surface area contributed by atoms with Crippen LogP contribution in [0.1, 0.15) is 18.1 Å². The predicted molar refractivity (Wildman–Crippen MR) is 112 cm³/mol. The summed E-state index contributed by atoms with van der Waals surface area (Å²) in [5.74, 6) is -1.09. The molecule has 156 valence electrons. The average molecular weight is 410 g/mol. The number of carbonyl (C=O) groups is 3. The highest BCUT2D eigenvalue weighted by Gasteiger charge is 2.13. The van der Waals surface area contributed by atoms with E-state index in [2.05, 4.69) is 10.6 Å². The van der Waals surface area contributed by atoms with Crippen LogP contribution in [0.5, 0.6) is 0 Å². The highest BCUT2D eigenvalue weighted by Crippen LogP contribution is 2.17. The monoisotopic (exact) mass is 410 g/mol.